The second-order valence-electron chi connectivity index (χ2n) is 9.71. The van der Waals surface area contributed by atoms with Gasteiger partial charge in [-0.05, 0) is 92.9 Å². The molecule has 33 heavy (non-hydrogen) atoms. The molecule has 0 atom stereocenters. The van der Waals surface area contributed by atoms with E-state index in [9.17, 15) is 17.6 Å². The third-order valence-electron chi connectivity index (χ3n) is 7.23. The summed E-state index contributed by atoms with van der Waals surface area (Å²) in [4.78, 5) is 0. The van der Waals surface area contributed by atoms with E-state index in [2.05, 4.69) is 29.6 Å². The number of hydrogen-bond donors (Lipinski definition) is 0. The summed E-state index contributed by atoms with van der Waals surface area (Å²) < 4.78 is 54.7. The van der Waals surface area contributed by atoms with Crippen molar-refractivity contribution in [2.45, 2.75) is 96.3 Å². The van der Waals surface area contributed by atoms with Crippen LogP contribution in [-0.4, -0.2) is 6.36 Å². The van der Waals surface area contributed by atoms with Crippen LogP contribution in [0.4, 0.5) is 17.6 Å². The average Bonchev–Trinajstić information content (AvgIpc) is 2.79. The molecule has 1 aromatic carbocycles. The van der Waals surface area contributed by atoms with Gasteiger partial charge in [0.25, 0.3) is 0 Å². The number of unbranched alkanes of at least 4 members (excludes halogenated alkanes) is 2. The highest BCUT2D eigenvalue weighted by Crippen LogP contribution is 2.37. The van der Waals surface area contributed by atoms with Gasteiger partial charge in [0.2, 0.25) is 0 Å². The highest BCUT2D eigenvalue weighted by atomic mass is 19.4. The lowest BCUT2D eigenvalue weighted by atomic mass is 9.79. The molecule has 3 rings (SSSR count). The summed E-state index contributed by atoms with van der Waals surface area (Å²) in [5.41, 5.74) is 0.735. The van der Waals surface area contributed by atoms with Crippen molar-refractivity contribution >= 4 is 0 Å². The molecule has 0 radical (unpaired) electrons. The predicted octanol–water partition coefficient (Wildman–Crippen LogP) is 8.94. The van der Waals surface area contributed by atoms with E-state index in [1.54, 1.807) is 6.07 Å². The number of benzene rings is 1. The van der Waals surface area contributed by atoms with Crippen molar-refractivity contribution < 1.29 is 22.3 Å². The zero-order valence-electron chi connectivity index (χ0n) is 19.6. The lowest BCUT2D eigenvalue weighted by Gasteiger charge is -2.26. The summed E-state index contributed by atoms with van der Waals surface area (Å²) >= 11 is 0. The molecule has 1 nitrogen and oxygen atoms in total. The molecular formula is C28H36F4O. The molecule has 1 aromatic rings. The molecular weight excluding hydrogens is 428 g/mol. The van der Waals surface area contributed by atoms with Crippen molar-refractivity contribution in [1.29, 1.82) is 0 Å². The molecule has 0 amide bonds. The second-order valence-corrected chi connectivity index (χ2v) is 9.71. The van der Waals surface area contributed by atoms with Crippen molar-refractivity contribution in [2.24, 2.45) is 17.8 Å². The molecule has 0 aliphatic heterocycles. The maximum Gasteiger partial charge on any atom is 0.573 e. The molecule has 0 N–H and O–H groups in total. The van der Waals surface area contributed by atoms with Crippen molar-refractivity contribution in [3.8, 4) is 17.6 Å². The fourth-order valence-electron chi connectivity index (χ4n) is 5.25. The molecule has 2 aliphatic carbocycles. The van der Waals surface area contributed by atoms with Crippen LogP contribution in [0, 0.1) is 35.4 Å². The predicted molar refractivity (Wildman–Crippen MR) is 124 cm³/mol. The van der Waals surface area contributed by atoms with Crippen molar-refractivity contribution in [3.05, 3.63) is 41.7 Å². The van der Waals surface area contributed by atoms with Gasteiger partial charge in [-0.15, -0.1) is 13.2 Å². The minimum Gasteiger partial charge on any atom is -0.403 e. The Hall–Kier alpha value is -1.96. The number of halogens is 4. The van der Waals surface area contributed by atoms with Gasteiger partial charge in [-0.2, -0.15) is 0 Å². The number of rotatable bonds is 7. The maximum absolute atomic E-state index is 14.0. The summed E-state index contributed by atoms with van der Waals surface area (Å²) in [6.07, 6.45) is 13.7. The van der Waals surface area contributed by atoms with Crippen LogP contribution in [0.15, 0.2) is 30.4 Å². The Bertz CT molecular complexity index is 817. The van der Waals surface area contributed by atoms with E-state index >= 15 is 0 Å². The SMILES string of the molecule is CCCCCC1CCC(/C=C/C#CC2CCC(c3ccc(OC(F)(F)F)c(F)c3)CC2)CC1. The van der Waals surface area contributed by atoms with E-state index in [-0.39, 0.29) is 5.92 Å². The summed E-state index contributed by atoms with van der Waals surface area (Å²) in [6, 6.07) is 3.80. The topological polar surface area (TPSA) is 9.23 Å². The van der Waals surface area contributed by atoms with Gasteiger partial charge in [-0.3, -0.25) is 0 Å². The Kier molecular flexibility index (Phi) is 9.71. The summed E-state index contributed by atoms with van der Waals surface area (Å²) in [7, 11) is 0. The molecule has 0 unspecified atom stereocenters. The highest BCUT2D eigenvalue weighted by Gasteiger charge is 2.32. The first-order valence-electron chi connectivity index (χ1n) is 12.6. The van der Waals surface area contributed by atoms with E-state index in [1.165, 1.54) is 57.4 Å². The zero-order valence-corrected chi connectivity index (χ0v) is 19.6. The molecule has 0 heterocycles. The van der Waals surface area contributed by atoms with Crippen LogP contribution in [0.2, 0.25) is 0 Å². The first kappa shape index (κ1) is 25.7. The van der Waals surface area contributed by atoms with E-state index in [1.807, 2.05) is 6.08 Å². The van der Waals surface area contributed by atoms with Crippen molar-refractivity contribution in [2.75, 3.05) is 0 Å². The zero-order chi connectivity index (χ0) is 23.7. The van der Waals surface area contributed by atoms with Gasteiger partial charge in [-0.1, -0.05) is 56.6 Å². The van der Waals surface area contributed by atoms with Gasteiger partial charge in [0.05, 0.1) is 0 Å². The number of allylic oxidation sites excluding steroid dienone is 2. The van der Waals surface area contributed by atoms with Gasteiger partial charge in [0.15, 0.2) is 11.6 Å². The third-order valence-corrected chi connectivity index (χ3v) is 7.23. The van der Waals surface area contributed by atoms with Gasteiger partial charge in [-0.25, -0.2) is 4.39 Å². The van der Waals surface area contributed by atoms with Gasteiger partial charge < -0.3 is 4.74 Å². The van der Waals surface area contributed by atoms with Crippen LogP contribution in [0.3, 0.4) is 0 Å². The minimum absolute atomic E-state index is 0.153. The molecule has 0 bridgehead atoms. The summed E-state index contributed by atoms with van der Waals surface area (Å²) in [5, 5.41) is 0. The average molecular weight is 465 g/mol. The van der Waals surface area contributed by atoms with Crippen LogP contribution in [0.1, 0.15) is 95.5 Å². The lowest BCUT2D eigenvalue weighted by molar-refractivity contribution is -0.275. The normalized spacial score (nSPS) is 26.1. The first-order chi connectivity index (χ1) is 15.8. The number of alkyl halides is 3. The largest absolute Gasteiger partial charge is 0.573 e. The molecule has 0 spiro atoms. The smallest absolute Gasteiger partial charge is 0.403 e. The minimum atomic E-state index is -4.89. The van der Waals surface area contributed by atoms with Crippen LogP contribution in [-0.2, 0) is 0 Å². The van der Waals surface area contributed by atoms with E-state index in [4.69, 9.17) is 0 Å². The highest BCUT2D eigenvalue weighted by molar-refractivity contribution is 5.32. The van der Waals surface area contributed by atoms with E-state index in [0.29, 0.717) is 11.8 Å². The molecule has 2 fully saturated rings. The van der Waals surface area contributed by atoms with Gasteiger partial charge in [0, 0.05) is 5.92 Å². The maximum atomic E-state index is 14.0. The lowest BCUT2D eigenvalue weighted by Crippen LogP contribution is -2.18. The molecule has 182 valence electrons. The summed E-state index contributed by atoms with van der Waals surface area (Å²) in [6.45, 7) is 2.26. The van der Waals surface area contributed by atoms with E-state index < -0.39 is 17.9 Å². The second kappa shape index (κ2) is 12.5. The van der Waals surface area contributed by atoms with Crippen LogP contribution >= 0.6 is 0 Å². The quantitative estimate of drug-likeness (QED) is 0.222. The Balaban J connectivity index is 1.39. The summed E-state index contributed by atoms with van der Waals surface area (Å²) in [5.74, 6) is 6.93. The molecule has 2 saturated carbocycles. The number of ether oxygens (including phenoxy) is 1. The fraction of sp³-hybridized carbons (Fsp3) is 0.643. The standard InChI is InChI=1S/C28H36F4O/c1-2-3-4-7-21-10-12-22(13-11-21)8-5-6-9-23-14-16-24(17-15-23)25-18-19-27(26(29)20-25)33-28(30,31)32/h5,8,18-24H,2-4,7,10-17H2,1H3/b8-5+. The van der Waals surface area contributed by atoms with Gasteiger partial charge >= 0.3 is 6.36 Å². The monoisotopic (exact) mass is 464 g/mol. The van der Waals surface area contributed by atoms with Crippen molar-refractivity contribution in [1.82, 2.24) is 0 Å². The Morgan fingerprint density at radius 3 is 2.36 bits per heavy atom. The Morgan fingerprint density at radius 2 is 1.73 bits per heavy atom. The molecule has 0 aromatic heterocycles. The van der Waals surface area contributed by atoms with Gasteiger partial charge in [0.1, 0.15) is 0 Å². The first-order valence-corrected chi connectivity index (χ1v) is 12.6. The van der Waals surface area contributed by atoms with Crippen LogP contribution in [0.5, 0.6) is 5.75 Å². The molecule has 0 saturated heterocycles. The van der Waals surface area contributed by atoms with Crippen LogP contribution in [0.25, 0.3) is 0 Å². The van der Waals surface area contributed by atoms with E-state index in [0.717, 1.165) is 43.2 Å². The molecule has 2 aliphatic rings. The fourth-order valence-corrected chi connectivity index (χ4v) is 5.25. The number of hydrogen-bond acceptors (Lipinski definition) is 1. The van der Waals surface area contributed by atoms with Crippen LogP contribution < -0.4 is 4.74 Å². The third kappa shape index (κ3) is 8.72. The Labute approximate surface area is 196 Å². The molecule has 5 heteroatoms. The van der Waals surface area contributed by atoms with Crippen molar-refractivity contribution in [3.63, 3.8) is 0 Å². The Morgan fingerprint density at radius 1 is 1.00 bits per heavy atom.